The summed E-state index contributed by atoms with van der Waals surface area (Å²) >= 11 is -2.79. The van der Waals surface area contributed by atoms with Crippen LogP contribution < -0.4 is 9.03 Å². The van der Waals surface area contributed by atoms with Gasteiger partial charge in [0, 0.05) is 0 Å². The zero-order valence-electron chi connectivity index (χ0n) is 18.4. The monoisotopic (exact) mass is 523 g/mol. The Hall–Kier alpha value is -1.70. The predicted molar refractivity (Wildman–Crippen MR) is 125 cm³/mol. The molecular weight excluding hydrogens is 488 g/mol. The number of aromatic nitrogens is 1. The molecule has 0 aliphatic carbocycles. The van der Waals surface area contributed by atoms with Crippen molar-refractivity contribution in [2.75, 3.05) is 5.32 Å². The van der Waals surface area contributed by atoms with Gasteiger partial charge in [-0.3, -0.25) is 0 Å². The average Bonchev–Trinajstić information content (AvgIpc) is 2.74. The van der Waals surface area contributed by atoms with Gasteiger partial charge in [-0.2, -0.15) is 0 Å². The van der Waals surface area contributed by atoms with Crippen LogP contribution in [0.4, 0.5) is 21.5 Å². The first-order chi connectivity index (χ1) is 14.5. The van der Waals surface area contributed by atoms with Crippen molar-refractivity contribution in [1.29, 1.82) is 0 Å². The second-order valence-electron chi connectivity index (χ2n) is 8.04. The third kappa shape index (κ3) is 6.40. The number of pyridine rings is 1. The summed E-state index contributed by atoms with van der Waals surface area (Å²) in [5.74, 6) is -0.826. The minimum atomic E-state index is -2.79. The molecule has 7 heteroatoms. The molecule has 1 aromatic carbocycles. The average molecular weight is 522 g/mol. The van der Waals surface area contributed by atoms with Crippen LogP contribution in [0.25, 0.3) is 0 Å². The number of rotatable bonds is 13. The second kappa shape index (κ2) is 12.2. The molecule has 0 amide bonds. The molecule has 5 nitrogen and oxygen atoms in total. The number of nitro groups is 1. The first-order valence-electron chi connectivity index (χ1n) is 11.1. The molecule has 1 heterocycles. The van der Waals surface area contributed by atoms with Crippen molar-refractivity contribution < 1.29 is 9.31 Å². The van der Waals surface area contributed by atoms with Gasteiger partial charge in [-0.1, -0.05) is 0 Å². The van der Waals surface area contributed by atoms with Gasteiger partial charge in [0.2, 0.25) is 0 Å². The summed E-state index contributed by atoms with van der Waals surface area (Å²) in [7, 11) is 0. The van der Waals surface area contributed by atoms with E-state index in [1.54, 1.807) is 6.07 Å². The van der Waals surface area contributed by atoms with E-state index in [1.165, 1.54) is 67.7 Å². The van der Waals surface area contributed by atoms with E-state index < -0.39 is 34.8 Å². The topological polar surface area (TPSA) is 68.1 Å². The molecule has 0 atom stereocenters. The Balaban J connectivity index is 2.45. The van der Waals surface area contributed by atoms with E-state index in [1.807, 2.05) is 18.3 Å². The standard InChI is InChI=1S/C11H7FN3O2.3C4H9.Sn/c12-10-6-8(3-4-11(10)15(16)17)14-9-2-1-5-13-7-9;3*1-3-4-2;/h1-6,14H;3*1,3-4H2,2H3;. The van der Waals surface area contributed by atoms with E-state index in [0.717, 1.165) is 5.69 Å². The molecule has 1 aromatic heterocycles. The number of anilines is 2. The van der Waals surface area contributed by atoms with Crippen LogP contribution in [0, 0.1) is 15.9 Å². The van der Waals surface area contributed by atoms with Crippen molar-refractivity contribution in [1.82, 2.24) is 4.98 Å². The molecule has 0 bridgehead atoms. The Kier molecular flexibility index (Phi) is 10.0. The molecular formula is C23H34FN3O2Sn. The number of unbranched alkanes of at least 4 members (excludes halogenated alkanes) is 3. The van der Waals surface area contributed by atoms with Crippen molar-refractivity contribution in [3.05, 3.63) is 52.5 Å². The van der Waals surface area contributed by atoms with Gasteiger partial charge < -0.3 is 0 Å². The van der Waals surface area contributed by atoms with Crippen molar-refractivity contribution in [3.63, 3.8) is 0 Å². The minimum absolute atomic E-state index is 0.505. The van der Waals surface area contributed by atoms with E-state index in [0.29, 0.717) is 5.69 Å². The quantitative estimate of drug-likeness (QED) is 0.176. The van der Waals surface area contributed by atoms with Crippen molar-refractivity contribution >= 4 is 39.1 Å². The predicted octanol–water partition coefficient (Wildman–Crippen LogP) is 6.93. The second-order valence-corrected chi connectivity index (χ2v) is 21.0. The van der Waals surface area contributed by atoms with E-state index in [9.17, 15) is 14.5 Å². The summed E-state index contributed by atoms with van der Waals surface area (Å²) < 4.78 is 19.2. The fourth-order valence-electron chi connectivity index (χ4n) is 4.09. The summed E-state index contributed by atoms with van der Waals surface area (Å²) in [5.41, 5.74) is 0.966. The van der Waals surface area contributed by atoms with Crippen LogP contribution in [0.2, 0.25) is 13.3 Å². The first-order valence-corrected chi connectivity index (χ1v) is 18.6. The van der Waals surface area contributed by atoms with Gasteiger partial charge in [0.25, 0.3) is 0 Å². The third-order valence-corrected chi connectivity index (χ3v) is 21.0. The van der Waals surface area contributed by atoms with Gasteiger partial charge >= 0.3 is 184 Å². The molecule has 0 saturated carbocycles. The van der Waals surface area contributed by atoms with Crippen LogP contribution in [0.5, 0.6) is 0 Å². The maximum absolute atomic E-state index is 14.2. The Morgan fingerprint density at radius 3 is 2.13 bits per heavy atom. The molecule has 0 aliphatic heterocycles. The van der Waals surface area contributed by atoms with E-state index in [4.69, 9.17) is 4.98 Å². The molecule has 2 rings (SSSR count). The van der Waals surface area contributed by atoms with E-state index in [2.05, 4.69) is 26.1 Å². The zero-order chi connectivity index (χ0) is 22.0. The Labute approximate surface area is 183 Å². The Morgan fingerprint density at radius 2 is 1.63 bits per heavy atom. The molecule has 2 aromatic rings. The number of nitrogens with zero attached hydrogens (tertiary/aromatic N) is 2. The van der Waals surface area contributed by atoms with Crippen LogP contribution in [0.1, 0.15) is 59.3 Å². The van der Waals surface area contributed by atoms with Gasteiger partial charge in [-0.25, -0.2) is 0 Å². The zero-order valence-corrected chi connectivity index (χ0v) is 21.3. The van der Waals surface area contributed by atoms with Crippen LogP contribution in [-0.2, 0) is 0 Å². The summed E-state index contributed by atoms with van der Waals surface area (Å²) in [5, 5.41) is 14.3. The number of hydrogen-bond acceptors (Lipinski definition) is 4. The van der Waals surface area contributed by atoms with Crippen LogP contribution in [-0.4, -0.2) is 28.3 Å². The SMILES string of the molecule is CCC[CH2][Sn]([CH2]CCC)([CH2]CCC)[c]1ncccc1Nc1ccc([N+](=O)[O-])c(F)c1. The van der Waals surface area contributed by atoms with Gasteiger partial charge in [0.1, 0.15) is 0 Å². The molecule has 0 radical (unpaired) electrons. The maximum atomic E-state index is 14.2. The van der Waals surface area contributed by atoms with E-state index in [-0.39, 0.29) is 0 Å². The summed E-state index contributed by atoms with van der Waals surface area (Å²) in [4.78, 5) is 15.1. The number of halogens is 1. The fraction of sp³-hybridized carbons (Fsp3) is 0.522. The molecule has 164 valence electrons. The van der Waals surface area contributed by atoms with Gasteiger partial charge in [0.05, 0.1) is 0 Å². The van der Waals surface area contributed by atoms with Crippen LogP contribution >= 0.6 is 0 Å². The van der Waals surface area contributed by atoms with Gasteiger partial charge in [0.15, 0.2) is 0 Å². The fourth-order valence-corrected chi connectivity index (χ4v) is 20.1. The number of hydrogen-bond donors (Lipinski definition) is 1. The van der Waals surface area contributed by atoms with Crippen molar-refractivity contribution in [2.45, 2.75) is 72.6 Å². The van der Waals surface area contributed by atoms with Crippen LogP contribution in [0.3, 0.4) is 0 Å². The molecule has 0 spiro atoms. The number of nitro benzene ring substituents is 1. The van der Waals surface area contributed by atoms with Gasteiger partial charge in [-0.05, 0) is 0 Å². The molecule has 30 heavy (non-hydrogen) atoms. The number of nitrogens with one attached hydrogen (secondary N) is 1. The van der Waals surface area contributed by atoms with Crippen LogP contribution in [0.15, 0.2) is 36.5 Å². The van der Waals surface area contributed by atoms with Crippen molar-refractivity contribution in [2.24, 2.45) is 0 Å². The molecule has 0 unspecified atom stereocenters. The summed E-state index contributed by atoms with van der Waals surface area (Å²) in [6, 6.07) is 7.92. The summed E-state index contributed by atoms with van der Waals surface area (Å²) in [6.07, 6.45) is 9.11. The molecule has 1 N–H and O–H groups in total. The number of benzene rings is 1. The molecule has 0 saturated heterocycles. The molecule has 0 fully saturated rings. The Bertz CT molecular complexity index is 810. The third-order valence-electron chi connectivity index (χ3n) is 5.76. The Morgan fingerprint density at radius 1 is 1.03 bits per heavy atom. The molecule has 0 aliphatic rings. The van der Waals surface area contributed by atoms with Gasteiger partial charge in [-0.15, -0.1) is 0 Å². The summed E-state index contributed by atoms with van der Waals surface area (Å²) in [6.45, 7) is 6.73. The van der Waals surface area contributed by atoms with Crippen molar-refractivity contribution in [3.8, 4) is 0 Å². The first kappa shape index (κ1) is 24.6. The van der Waals surface area contributed by atoms with E-state index >= 15 is 0 Å². The normalized spacial score (nSPS) is 11.5.